The highest BCUT2D eigenvalue weighted by atomic mass is 16.6. The highest BCUT2D eigenvalue weighted by Gasteiger charge is 2.33. The van der Waals surface area contributed by atoms with Crippen LogP contribution in [0.3, 0.4) is 0 Å². The maximum absolute atomic E-state index is 10.8. The zero-order valence-corrected chi connectivity index (χ0v) is 10.4. The Kier molecular flexibility index (Phi) is 3.05. The van der Waals surface area contributed by atoms with E-state index in [1.54, 1.807) is 19.1 Å². The first-order valence-electron chi connectivity index (χ1n) is 5.87. The van der Waals surface area contributed by atoms with Crippen LogP contribution in [0.1, 0.15) is 24.5 Å². The number of ether oxygens (including phenoxy) is 1. The number of nitro groups is 1. The minimum Gasteiger partial charge on any atom is -0.493 e. The van der Waals surface area contributed by atoms with Gasteiger partial charge in [-0.2, -0.15) is 0 Å². The zero-order valence-electron chi connectivity index (χ0n) is 10.4. The zero-order chi connectivity index (χ0) is 12.6. The van der Waals surface area contributed by atoms with Gasteiger partial charge in [0, 0.05) is 11.6 Å². The quantitative estimate of drug-likeness (QED) is 0.594. The summed E-state index contributed by atoms with van der Waals surface area (Å²) in [5.74, 6) is 2.19. The lowest BCUT2D eigenvalue weighted by atomic mass is 10.1. The van der Waals surface area contributed by atoms with Gasteiger partial charge in [-0.05, 0) is 43.7 Å². The Labute approximate surface area is 101 Å². The summed E-state index contributed by atoms with van der Waals surface area (Å²) in [5, 5.41) is 10.8. The summed E-state index contributed by atoms with van der Waals surface area (Å²) < 4.78 is 5.72. The SMILES string of the molecule is Cc1cc([N+](=O)[O-])c(C)cc1OCC1CC1C. The van der Waals surface area contributed by atoms with Gasteiger partial charge in [0.25, 0.3) is 5.69 Å². The minimum atomic E-state index is -0.352. The molecule has 0 aliphatic heterocycles. The van der Waals surface area contributed by atoms with Crippen LogP contribution in [0.2, 0.25) is 0 Å². The highest BCUT2D eigenvalue weighted by Crippen LogP contribution is 2.38. The second kappa shape index (κ2) is 4.35. The number of nitrogens with zero attached hydrogens (tertiary/aromatic N) is 1. The highest BCUT2D eigenvalue weighted by molar-refractivity contribution is 5.49. The maximum Gasteiger partial charge on any atom is 0.272 e. The van der Waals surface area contributed by atoms with E-state index in [1.807, 2.05) is 6.92 Å². The van der Waals surface area contributed by atoms with Crippen LogP contribution in [0.15, 0.2) is 12.1 Å². The number of aryl methyl sites for hydroxylation is 2. The Morgan fingerprint density at radius 3 is 2.59 bits per heavy atom. The molecule has 0 spiro atoms. The third-order valence-electron chi connectivity index (χ3n) is 3.42. The molecule has 2 unspecified atom stereocenters. The molecule has 2 atom stereocenters. The van der Waals surface area contributed by atoms with Crippen molar-refractivity contribution in [1.29, 1.82) is 0 Å². The van der Waals surface area contributed by atoms with Crippen molar-refractivity contribution < 1.29 is 9.66 Å². The molecule has 4 heteroatoms. The molecule has 17 heavy (non-hydrogen) atoms. The number of hydrogen-bond acceptors (Lipinski definition) is 3. The third-order valence-corrected chi connectivity index (χ3v) is 3.42. The van der Waals surface area contributed by atoms with Gasteiger partial charge in [-0.25, -0.2) is 0 Å². The molecule has 0 radical (unpaired) electrons. The van der Waals surface area contributed by atoms with Crippen molar-refractivity contribution in [2.45, 2.75) is 27.2 Å². The molecule has 0 saturated heterocycles. The fraction of sp³-hybridized carbons (Fsp3) is 0.538. The van der Waals surface area contributed by atoms with Crippen LogP contribution in [0, 0.1) is 35.8 Å². The van der Waals surface area contributed by atoms with E-state index < -0.39 is 0 Å². The summed E-state index contributed by atoms with van der Waals surface area (Å²) in [6.45, 7) is 6.52. The standard InChI is InChI=1S/C13H17NO3/c1-8-4-11(8)7-17-13-6-9(2)12(14(15)16)5-10(13)3/h5-6,8,11H,4,7H2,1-3H3. The molecule has 1 fully saturated rings. The topological polar surface area (TPSA) is 52.4 Å². The summed E-state index contributed by atoms with van der Waals surface area (Å²) in [5.41, 5.74) is 1.64. The van der Waals surface area contributed by atoms with Gasteiger partial charge >= 0.3 is 0 Å². The first kappa shape index (κ1) is 11.9. The lowest BCUT2D eigenvalue weighted by molar-refractivity contribution is -0.385. The van der Waals surface area contributed by atoms with Crippen LogP contribution in [0.5, 0.6) is 5.75 Å². The van der Waals surface area contributed by atoms with Crippen LogP contribution < -0.4 is 4.74 Å². The molecule has 0 N–H and O–H groups in total. The summed E-state index contributed by atoms with van der Waals surface area (Å²) in [7, 11) is 0. The van der Waals surface area contributed by atoms with Crippen molar-refractivity contribution in [2.75, 3.05) is 6.61 Å². The molecule has 92 valence electrons. The molecule has 1 aromatic rings. The first-order valence-corrected chi connectivity index (χ1v) is 5.87. The second-order valence-corrected chi connectivity index (χ2v) is 4.95. The normalized spacial score (nSPS) is 22.3. The molecular formula is C13H17NO3. The Morgan fingerprint density at radius 2 is 2.06 bits per heavy atom. The molecule has 0 heterocycles. The van der Waals surface area contributed by atoms with Crippen LogP contribution in [-0.2, 0) is 0 Å². The van der Waals surface area contributed by atoms with Gasteiger partial charge in [0.15, 0.2) is 0 Å². The van der Waals surface area contributed by atoms with Crippen molar-refractivity contribution in [3.8, 4) is 5.75 Å². The Balaban J connectivity index is 2.12. The van der Waals surface area contributed by atoms with Gasteiger partial charge in [0.1, 0.15) is 5.75 Å². The van der Waals surface area contributed by atoms with Crippen LogP contribution >= 0.6 is 0 Å². The molecule has 1 aliphatic rings. The number of hydrogen-bond donors (Lipinski definition) is 0. The van der Waals surface area contributed by atoms with E-state index in [4.69, 9.17) is 4.74 Å². The smallest absolute Gasteiger partial charge is 0.272 e. The van der Waals surface area contributed by atoms with E-state index in [-0.39, 0.29) is 10.6 Å². The average Bonchev–Trinajstić information content (AvgIpc) is 2.95. The molecule has 1 aliphatic carbocycles. The minimum absolute atomic E-state index is 0.162. The molecule has 1 saturated carbocycles. The summed E-state index contributed by atoms with van der Waals surface area (Å²) in [6, 6.07) is 3.35. The van der Waals surface area contributed by atoms with Crippen molar-refractivity contribution in [2.24, 2.45) is 11.8 Å². The van der Waals surface area contributed by atoms with Gasteiger partial charge < -0.3 is 4.74 Å². The fourth-order valence-electron chi connectivity index (χ4n) is 1.95. The van der Waals surface area contributed by atoms with E-state index >= 15 is 0 Å². The monoisotopic (exact) mass is 235 g/mol. The van der Waals surface area contributed by atoms with Gasteiger partial charge in [0.2, 0.25) is 0 Å². The molecular weight excluding hydrogens is 218 g/mol. The van der Waals surface area contributed by atoms with E-state index in [1.165, 1.54) is 6.42 Å². The maximum atomic E-state index is 10.8. The van der Waals surface area contributed by atoms with Crippen molar-refractivity contribution in [3.05, 3.63) is 33.4 Å². The lowest BCUT2D eigenvalue weighted by Crippen LogP contribution is -2.03. The average molecular weight is 235 g/mol. The lowest BCUT2D eigenvalue weighted by Gasteiger charge is -2.10. The van der Waals surface area contributed by atoms with E-state index in [0.29, 0.717) is 11.5 Å². The van der Waals surface area contributed by atoms with E-state index in [9.17, 15) is 10.1 Å². The Morgan fingerprint density at radius 1 is 1.41 bits per heavy atom. The molecule has 2 rings (SSSR count). The summed E-state index contributed by atoms with van der Waals surface area (Å²) in [4.78, 5) is 10.4. The largest absolute Gasteiger partial charge is 0.493 e. The van der Waals surface area contributed by atoms with Crippen LogP contribution in [-0.4, -0.2) is 11.5 Å². The third kappa shape index (κ3) is 2.57. The van der Waals surface area contributed by atoms with Crippen molar-refractivity contribution in [1.82, 2.24) is 0 Å². The second-order valence-electron chi connectivity index (χ2n) is 4.95. The summed E-state index contributed by atoms with van der Waals surface area (Å²) in [6.07, 6.45) is 1.23. The molecule has 0 amide bonds. The van der Waals surface area contributed by atoms with Gasteiger partial charge in [0.05, 0.1) is 11.5 Å². The van der Waals surface area contributed by atoms with E-state index in [2.05, 4.69) is 6.92 Å². The molecule has 0 bridgehead atoms. The fourth-order valence-corrected chi connectivity index (χ4v) is 1.95. The Hall–Kier alpha value is -1.58. The Bertz CT molecular complexity index is 456. The predicted molar refractivity (Wildman–Crippen MR) is 65.3 cm³/mol. The van der Waals surface area contributed by atoms with Crippen molar-refractivity contribution in [3.63, 3.8) is 0 Å². The number of nitro benzene ring substituents is 1. The van der Waals surface area contributed by atoms with Gasteiger partial charge in [-0.3, -0.25) is 10.1 Å². The first-order chi connectivity index (χ1) is 7.99. The summed E-state index contributed by atoms with van der Waals surface area (Å²) >= 11 is 0. The van der Waals surface area contributed by atoms with Gasteiger partial charge in [-0.1, -0.05) is 6.92 Å². The van der Waals surface area contributed by atoms with Crippen LogP contribution in [0.4, 0.5) is 5.69 Å². The molecule has 4 nitrogen and oxygen atoms in total. The number of benzene rings is 1. The molecule has 0 aromatic heterocycles. The van der Waals surface area contributed by atoms with Gasteiger partial charge in [-0.15, -0.1) is 0 Å². The van der Waals surface area contributed by atoms with Crippen molar-refractivity contribution >= 4 is 5.69 Å². The predicted octanol–water partition coefficient (Wildman–Crippen LogP) is 3.25. The van der Waals surface area contributed by atoms with E-state index in [0.717, 1.165) is 23.8 Å². The molecule has 1 aromatic carbocycles. The van der Waals surface area contributed by atoms with Crippen LogP contribution in [0.25, 0.3) is 0 Å². The number of rotatable bonds is 4.